The molecule has 0 spiro atoms. The van der Waals surface area contributed by atoms with E-state index < -0.39 is 0 Å². The third-order valence-corrected chi connectivity index (χ3v) is 3.17. The Morgan fingerprint density at radius 3 is 2.80 bits per heavy atom. The van der Waals surface area contributed by atoms with Crippen LogP contribution in [0.1, 0.15) is 31.2 Å². The number of ether oxygens (including phenoxy) is 1. The van der Waals surface area contributed by atoms with Gasteiger partial charge in [0.2, 0.25) is 0 Å². The maximum absolute atomic E-state index is 6.10. The molecule has 0 amide bonds. The summed E-state index contributed by atoms with van der Waals surface area (Å²) in [6.07, 6.45) is 6.24. The second kappa shape index (κ2) is 3.24. The smallest absolute Gasteiger partial charge is 0.119 e. The van der Waals surface area contributed by atoms with Crippen LogP contribution in [0.25, 0.3) is 0 Å². The lowest BCUT2D eigenvalue weighted by Crippen LogP contribution is -2.24. The van der Waals surface area contributed by atoms with Crippen LogP contribution in [-0.4, -0.2) is 11.6 Å². The van der Waals surface area contributed by atoms with E-state index >= 15 is 0 Å². The minimum absolute atomic E-state index is 0.0954. The van der Waals surface area contributed by atoms with Crippen molar-refractivity contribution in [3.63, 3.8) is 0 Å². The van der Waals surface area contributed by atoms with Gasteiger partial charge >= 0.3 is 0 Å². The summed E-state index contributed by atoms with van der Waals surface area (Å²) in [5, 5.41) is 0. The molecule has 0 heterocycles. The van der Waals surface area contributed by atoms with Crippen LogP contribution in [-0.2, 0) is 6.42 Å². The van der Waals surface area contributed by atoms with E-state index in [-0.39, 0.29) is 5.54 Å². The van der Waals surface area contributed by atoms with Crippen LogP contribution in [0.2, 0.25) is 0 Å². The Hall–Kier alpha value is -1.02. The second-order valence-electron chi connectivity index (χ2n) is 5.00. The molecule has 0 saturated heterocycles. The van der Waals surface area contributed by atoms with Crippen LogP contribution >= 0.6 is 0 Å². The lowest BCUT2D eigenvalue weighted by Gasteiger charge is -2.10. The van der Waals surface area contributed by atoms with Crippen molar-refractivity contribution in [2.24, 2.45) is 5.73 Å². The third kappa shape index (κ3) is 2.32. The van der Waals surface area contributed by atoms with Crippen molar-refractivity contribution in [1.82, 2.24) is 0 Å². The lowest BCUT2D eigenvalue weighted by atomic mass is 10.1. The molecular weight excluding hydrogens is 186 g/mol. The van der Waals surface area contributed by atoms with Crippen LogP contribution < -0.4 is 10.5 Å². The Morgan fingerprint density at radius 1 is 1.33 bits per heavy atom. The molecule has 15 heavy (non-hydrogen) atoms. The summed E-state index contributed by atoms with van der Waals surface area (Å²) in [6.45, 7) is 0. The fourth-order valence-corrected chi connectivity index (χ4v) is 1.85. The van der Waals surface area contributed by atoms with Crippen molar-refractivity contribution in [2.45, 2.75) is 43.7 Å². The van der Waals surface area contributed by atoms with Crippen LogP contribution in [0.3, 0.4) is 0 Å². The zero-order chi connectivity index (χ0) is 10.3. The summed E-state index contributed by atoms with van der Waals surface area (Å²) in [6, 6.07) is 8.40. The monoisotopic (exact) mass is 203 g/mol. The molecule has 0 radical (unpaired) electrons. The third-order valence-electron chi connectivity index (χ3n) is 3.17. The molecule has 2 fully saturated rings. The SMILES string of the molecule is NC1(Cc2cccc(OC3CC3)c2)CC1. The van der Waals surface area contributed by atoms with Crippen LogP contribution in [0, 0.1) is 0 Å². The first-order valence-corrected chi connectivity index (χ1v) is 5.78. The van der Waals surface area contributed by atoms with E-state index in [2.05, 4.69) is 18.2 Å². The van der Waals surface area contributed by atoms with Crippen molar-refractivity contribution in [1.29, 1.82) is 0 Å². The van der Waals surface area contributed by atoms with Crippen molar-refractivity contribution in [2.75, 3.05) is 0 Å². The Labute approximate surface area is 90.4 Å². The van der Waals surface area contributed by atoms with Gasteiger partial charge in [0.05, 0.1) is 6.10 Å². The molecule has 2 saturated carbocycles. The molecular formula is C13H17NO. The summed E-state index contributed by atoms with van der Waals surface area (Å²) in [4.78, 5) is 0. The average molecular weight is 203 g/mol. The van der Waals surface area contributed by atoms with E-state index in [0.717, 1.165) is 12.2 Å². The molecule has 0 atom stereocenters. The fraction of sp³-hybridized carbons (Fsp3) is 0.538. The number of hydrogen-bond donors (Lipinski definition) is 1. The molecule has 0 unspecified atom stereocenters. The molecule has 0 aliphatic heterocycles. The van der Waals surface area contributed by atoms with E-state index in [4.69, 9.17) is 10.5 Å². The summed E-state index contributed by atoms with van der Waals surface area (Å²) in [5.41, 5.74) is 7.51. The van der Waals surface area contributed by atoms with Gasteiger partial charge in [-0.15, -0.1) is 0 Å². The van der Waals surface area contributed by atoms with Gasteiger partial charge in [0.1, 0.15) is 5.75 Å². The molecule has 2 aliphatic carbocycles. The molecule has 2 aliphatic rings. The van der Waals surface area contributed by atoms with Crippen LogP contribution in [0.5, 0.6) is 5.75 Å². The zero-order valence-electron chi connectivity index (χ0n) is 8.91. The fourth-order valence-electron chi connectivity index (χ4n) is 1.85. The highest BCUT2D eigenvalue weighted by molar-refractivity contribution is 5.31. The number of rotatable bonds is 4. The van der Waals surface area contributed by atoms with Gasteiger partial charge in [-0.2, -0.15) is 0 Å². The Morgan fingerprint density at radius 2 is 2.13 bits per heavy atom. The Balaban J connectivity index is 1.70. The van der Waals surface area contributed by atoms with Gasteiger partial charge in [0.15, 0.2) is 0 Å². The van der Waals surface area contributed by atoms with E-state index in [1.807, 2.05) is 6.07 Å². The van der Waals surface area contributed by atoms with E-state index in [0.29, 0.717) is 6.10 Å². The van der Waals surface area contributed by atoms with Crippen molar-refractivity contribution in [3.8, 4) is 5.75 Å². The number of nitrogens with two attached hydrogens (primary N) is 1. The Kier molecular flexibility index (Phi) is 1.99. The molecule has 1 aromatic carbocycles. The predicted octanol–water partition coefficient (Wildman–Crippen LogP) is 2.26. The van der Waals surface area contributed by atoms with Gasteiger partial charge in [0.25, 0.3) is 0 Å². The minimum Gasteiger partial charge on any atom is -0.490 e. The first-order chi connectivity index (χ1) is 7.23. The predicted molar refractivity (Wildman–Crippen MR) is 59.9 cm³/mol. The first-order valence-electron chi connectivity index (χ1n) is 5.78. The van der Waals surface area contributed by atoms with Crippen molar-refractivity contribution < 1.29 is 4.74 Å². The van der Waals surface area contributed by atoms with Gasteiger partial charge in [-0.1, -0.05) is 12.1 Å². The number of benzene rings is 1. The van der Waals surface area contributed by atoms with Gasteiger partial charge in [-0.3, -0.25) is 0 Å². The molecule has 2 N–H and O–H groups in total. The average Bonchev–Trinajstić information content (AvgIpc) is 3.07. The van der Waals surface area contributed by atoms with Crippen molar-refractivity contribution >= 4 is 0 Å². The molecule has 0 bridgehead atoms. The molecule has 80 valence electrons. The standard InChI is InChI=1S/C13H17NO/c14-13(6-7-13)9-10-2-1-3-12(8-10)15-11-4-5-11/h1-3,8,11H,4-7,9,14H2. The maximum Gasteiger partial charge on any atom is 0.119 e. The molecule has 3 rings (SSSR count). The largest absolute Gasteiger partial charge is 0.490 e. The topological polar surface area (TPSA) is 35.2 Å². The van der Waals surface area contributed by atoms with Crippen LogP contribution in [0.4, 0.5) is 0 Å². The summed E-state index contributed by atoms with van der Waals surface area (Å²) in [5.74, 6) is 1.01. The van der Waals surface area contributed by atoms with Gasteiger partial charge in [-0.25, -0.2) is 0 Å². The van der Waals surface area contributed by atoms with Crippen molar-refractivity contribution in [3.05, 3.63) is 29.8 Å². The quantitative estimate of drug-likeness (QED) is 0.814. The van der Waals surface area contributed by atoms with E-state index in [1.54, 1.807) is 0 Å². The van der Waals surface area contributed by atoms with E-state index in [9.17, 15) is 0 Å². The van der Waals surface area contributed by atoms with Gasteiger partial charge in [0, 0.05) is 5.54 Å². The first kappa shape index (κ1) is 9.22. The second-order valence-corrected chi connectivity index (χ2v) is 5.00. The summed E-state index contributed by atoms with van der Waals surface area (Å²) < 4.78 is 5.76. The summed E-state index contributed by atoms with van der Waals surface area (Å²) >= 11 is 0. The molecule has 0 aromatic heterocycles. The highest BCUT2D eigenvalue weighted by Gasteiger charge is 2.38. The van der Waals surface area contributed by atoms with Gasteiger partial charge < -0.3 is 10.5 Å². The molecule has 2 heteroatoms. The maximum atomic E-state index is 6.10. The minimum atomic E-state index is 0.0954. The lowest BCUT2D eigenvalue weighted by molar-refractivity contribution is 0.303. The molecule has 1 aromatic rings. The zero-order valence-corrected chi connectivity index (χ0v) is 8.91. The highest BCUT2D eigenvalue weighted by atomic mass is 16.5. The highest BCUT2D eigenvalue weighted by Crippen LogP contribution is 2.36. The van der Waals surface area contributed by atoms with Gasteiger partial charge in [-0.05, 0) is 49.8 Å². The summed E-state index contributed by atoms with van der Waals surface area (Å²) in [7, 11) is 0. The number of hydrogen-bond acceptors (Lipinski definition) is 2. The normalized spacial score (nSPS) is 22.5. The van der Waals surface area contributed by atoms with E-state index in [1.165, 1.54) is 31.2 Å². The Bertz CT molecular complexity index is 367. The molecule has 2 nitrogen and oxygen atoms in total. The van der Waals surface area contributed by atoms with Crippen LogP contribution in [0.15, 0.2) is 24.3 Å².